The zero-order chi connectivity index (χ0) is 21.3. The van der Waals surface area contributed by atoms with Gasteiger partial charge in [0, 0.05) is 11.3 Å². The summed E-state index contributed by atoms with van der Waals surface area (Å²) in [6, 6.07) is 17.3. The number of anilines is 1. The SMILES string of the molecule is COc1ccc(C2(C(=O)Nc3ccc(C)c(-c4cc(F)cc(C=O)c4)c3)CC2)cc1. The van der Waals surface area contributed by atoms with Gasteiger partial charge in [-0.1, -0.05) is 18.2 Å². The van der Waals surface area contributed by atoms with E-state index < -0.39 is 11.2 Å². The molecule has 30 heavy (non-hydrogen) atoms. The lowest BCUT2D eigenvalue weighted by Crippen LogP contribution is -2.27. The number of carbonyl (C=O) groups excluding carboxylic acids is 2. The summed E-state index contributed by atoms with van der Waals surface area (Å²) in [5, 5.41) is 3.02. The Labute approximate surface area is 174 Å². The Hall–Kier alpha value is -3.47. The van der Waals surface area contributed by atoms with Gasteiger partial charge in [-0.2, -0.15) is 0 Å². The minimum atomic E-state index is -0.527. The molecule has 4 nitrogen and oxygen atoms in total. The van der Waals surface area contributed by atoms with Crippen molar-refractivity contribution < 1.29 is 18.7 Å². The first-order valence-corrected chi connectivity index (χ1v) is 9.78. The van der Waals surface area contributed by atoms with Crippen molar-refractivity contribution in [1.29, 1.82) is 0 Å². The maximum atomic E-state index is 13.9. The molecule has 0 radical (unpaired) electrons. The number of aryl methyl sites for hydroxylation is 1. The van der Waals surface area contributed by atoms with Crippen LogP contribution >= 0.6 is 0 Å². The molecule has 0 heterocycles. The summed E-state index contributed by atoms with van der Waals surface area (Å²) < 4.78 is 19.1. The molecule has 152 valence electrons. The van der Waals surface area contributed by atoms with Crippen molar-refractivity contribution in [2.24, 2.45) is 0 Å². The molecule has 1 saturated carbocycles. The molecule has 1 fully saturated rings. The van der Waals surface area contributed by atoms with Gasteiger partial charge >= 0.3 is 0 Å². The molecule has 0 spiro atoms. The van der Waals surface area contributed by atoms with Crippen molar-refractivity contribution in [2.75, 3.05) is 12.4 Å². The van der Waals surface area contributed by atoms with E-state index >= 15 is 0 Å². The fraction of sp³-hybridized carbons (Fsp3) is 0.200. The molecule has 0 unspecified atom stereocenters. The lowest BCUT2D eigenvalue weighted by atomic mass is 9.94. The maximum Gasteiger partial charge on any atom is 0.235 e. The summed E-state index contributed by atoms with van der Waals surface area (Å²) >= 11 is 0. The van der Waals surface area contributed by atoms with Crippen molar-refractivity contribution in [2.45, 2.75) is 25.2 Å². The maximum absolute atomic E-state index is 13.9. The molecule has 1 aliphatic carbocycles. The Kier molecular flexibility index (Phi) is 5.12. The van der Waals surface area contributed by atoms with Crippen LogP contribution in [0.15, 0.2) is 60.7 Å². The highest BCUT2D eigenvalue weighted by atomic mass is 19.1. The van der Waals surface area contributed by atoms with Crippen molar-refractivity contribution in [1.82, 2.24) is 0 Å². The van der Waals surface area contributed by atoms with Gasteiger partial charge in [0.15, 0.2) is 0 Å². The molecule has 0 atom stereocenters. The zero-order valence-electron chi connectivity index (χ0n) is 16.9. The molecule has 3 aromatic rings. The Morgan fingerprint density at radius 1 is 1.07 bits per heavy atom. The number of carbonyl (C=O) groups is 2. The predicted octanol–water partition coefficient (Wildman–Crippen LogP) is 5.29. The van der Waals surface area contributed by atoms with Crippen LogP contribution in [0.5, 0.6) is 5.75 Å². The summed E-state index contributed by atoms with van der Waals surface area (Å²) in [5.41, 5.74) is 3.64. The third-order valence-electron chi connectivity index (χ3n) is 5.69. The number of rotatable bonds is 6. The fourth-order valence-electron chi connectivity index (χ4n) is 3.78. The average molecular weight is 403 g/mol. The lowest BCUT2D eigenvalue weighted by Gasteiger charge is -2.17. The zero-order valence-corrected chi connectivity index (χ0v) is 16.9. The second-order valence-electron chi connectivity index (χ2n) is 7.69. The first-order valence-electron chi connectivity index (χ1n) is 9.78. The van der Waals surface area contributed by atoms with Crippen LogP contribution in [0.3, 0.4) is 0 Å². The Bertz CT molecular complexity index is 1120. The Balaban J connectivity index is 1.61. The Morgan fingerprint density at radius 2 is 1.80 bits per heavy atom. The molecular weight excluding hydrogens is 381 g/mol. The molecule has 1 amide bonds. The van der Waals surface area contributed by atoms with Crippen LogP contribution < -0.4 is 10.1 Å². The first-order chi connectivity index (χ1) is 14.4. The van der Waals surface area contributed by atoms with Crippen molar-refractivity contribution in [3.8, 4) is 16.9 Å². The molecule has 3 aromatic carbocycles. The molecule has 4 rings (SSSR count). The number of hydrogen-bond acceptors (Lipinski definition) is 3. The molecule has 0 saturated heterocycles. The third kappa shape index (κ3) is 3.71. The Morgan fingerprint density at radius 3 is 2.43 bits per heavy atom. The second-order valence-corrected chi connectivity index (χ2v) is 7.69. The van der Waals surface area contributed by atoms with Gasteiger partial charge in [-0.05, 0) is 84.5 Å². The van der Waals surface area contributed by atoms with E-state index in [0.29, 0.717) is 17.5 Å². The van der Waals surface area contributed by atoms with Gasteiger partial charge in [0.2, 0.25) is 5.91 Å². The summed E-state index contributed by atoms with van der Waals surface area (Å²) in [7, 11) is 1.61. The van der Waals surface area contributed by atoms with Crippen LogP contribution in [0.25, 0.3) is 11.1 Å². The van der Waals surface area contributed by atoms with E-state index in [0.717, 1.165) is 35.3 Å². The van der Waals surface area contributed by atoms with Crippen LogP contribution in [0.2, 0.25) is 0 Å². The van der Waals surface area contributed by atoms with E-state index in [9.17, 15) is 14.0 Å². The first kappa shape index (κ1) is 19.8. The number of aldehydes is 1. The topological polar surface area (TPSA) is 55.4 Å². The number of nitrogens with one attached hydrogen (secondary N) is 1. The van der Waals surface area contributed by atoms with Crippen LogP contribution in [0, 0.1) is 12.7 Å². The summed E-state index contributed by atoms with van der Waals surface area (Å²) in [4.78, 5) is 24.2. The van der Waals surface area contributed by atoms with Gasteiger partial charge in [-0.25, -0.2) is 4.39 Å². The molecule has 5 heteroatoms. The normalized spacial score (nSPS) is 14.1. The van der Waals surface area contributed by atoms with Crippen molar-refractivity contribution in [3.63, 3.8) is 0 Å². The number of amides is 1. The molecule has 0 bridgehead atoms. The van der Waals surface area contributed by atoms with Gasteiger partial charge < -0.3 is 10.1 Å². The number of benzene rings is 3. The predicted molar refractivity (Wildman–Crippen MR) is 114 cm³/mol. The van der Waals surface area contributed by atoms with Gasteiger partial charge in [-0.15, -0.1) is 0 Å². The quantitative estimate of drug-likeness (QED) is 0.569. The van der Waals surface area contributed by atoms with Gasteiger partial charge in [0.25, 0.3) is 0 Å². The van der Waals surface area contributed by atoms with Crippen LogP contribution in [-0.4, -0.2) is 19.3 Å². The summed E-state index contributed by atoms with van der Waals surface area (Å²) in [5.74, 6) is 0.220. The third-order valence-corrected chi connectivity index (χ3v) is 5.69. The fourth-order valence-corrected chi connectivity index (χ4v) is 3.78. The van der Waals surface area contributed by atoms with Crippen molar-refractivity contribution in [3.05, 3.63) is 83.2 Å². The van der Waals surface area contributed by atoms with E-state index in [1.807, 2.05) is 49.4 Å². The van der Waals surface area contributed by atoms with Gasteiger partial charge in [-0.3, -0.25) is 9.59 Å². The second kappa shape index (κ2) is 7.75. The van der Waals surface area contributed by atoms with E-state index in [4.69, 9.17) is 4.74 Å². The minimum absolute atomic E-state index is 0.0599. The van der Waals surface area contributed by atoms with Crippen molar-refractivity contribution >= 4 is 17.9 Å². The van der Waals surface area contributed by atoms with Crippen LogP contribution in [0.4, 0.5) is 10.1 Å². The van der Waals surface area contributed by atoms with E-state index in [1.165, 1.54) is 12.1 Å². The van der Waals surface area contributed by atoms with Crippen LogP contribution in [0.1, 0.15) is 34.3 Å². The smallest absolute Gasteiger partial charge is 0.235 e. The number of hydrogen-bond donors (Lipinski definition) is 1. The lowest BCUT2D eigenvalue weighted by molar-refractivity contribution is -0.118. The summed E-state index contributed by atoms with van der Waals surface area (Å²) in [6.07, 6.45) is 2.20. The molecule has 0 aromatic heterocycles. The van der Waals surface area contributed by atoms with Gasteiger partial charge in [0.1, 0.15) is 17.9 Å². The molecular formula is C25H22FNO3. The minimum Gasteiger partial charge on any atom is -0.497 e. The monoisotopic (exact) mass is 403 g/mol. The molecule has 0 aliphatic heterocycles. The summed E-state index contributed by atoms with van der Waals surface area (Å²) in [6.45, 7) is 1.91. The van der Waals surface area contributed by atoms with E-state index in [-0.39, 0.29) is 11.5 Å². The number of halogens is 1. The highest BCUT2D eigenvalue weighted by Crippen LogP contribution is 2.49. The van der Waals surface area contributed by atoms with E-state index in [2.05, 4.69) is 5.32 Å². The van der Waals surface area contributed by atoms with Gasteiger partial charge in [0.05, 0.1) is 12.5 Å². The number of ether oxygens (including phenoxy) is 1. The number of methoxy groups -OCH3 is 1. The highest BCUT2D eigenvalue weighted by Gasteiger charge is 2.51. The largest absolute Gasteiger partial charge is 0.497 e. The molecule has 1 N–H and O–H groups in total. The average Bonchev–Trinajstić information content (AvgIpc) is 3.57. The van der Waals surface area contributed by atoms with Crippen LogP contribution in [-0.2, 0) is 10.2 Å². The highest BCUT2D eigenvalue weighted by molar-refractivity contribution is 6.01. The molecule has 1 aliphatic rings. The van der Waals surface area contributed by atoms with E-state index in [1.54, 1.807) is 13.2 Å². The standard InChI is InChI=1S/C25H22FNO3/c1-16-3-6-21(14-23(16)18-11-17(15-28)12-20(26)13-18)27-24(29)25(9-10-25)19-4-7-22(30-2)8-5-19/h3-8,11-15H,9-10H2,1-2H3,(H,27,29).